The summed E-state index contributed by atoms with van der Waals surface area (Å²) in [5.74, 6) is 0. The van der Waals surface area contributed by atoms with Crippen molar-refractivity contribution in [3.8, 4) is 0 Å². The zero-order valence-corrected chi connectivity index (χ0v) is 11.8. The van der Waals surface area contributed by atoms with Gasteiger partial charge in [-0.05, 0) is 25.3 Å². The molecule has 3 nitrogen and oxygen atoms in total. The lowest BCUT2D eigenvalue weighted by atomic mass is 9.86. The maximum atomic E-state index is 9.38. The van der Waals surface area contributed by atoms with Gasteiger partial charge in [0.2, 0.25) is 0 Å². The van der Waals surface area contributed by atoms with Gasteiger partial charge >= 0.3 is 0 Å². The number of rotatable bonds is 3. The van der Waals surface area contributed by atoms with Crippen LogP contribution in [0.2, 0.25) is 0 Å². The number of aryl methyl sites for hydroxylation is 1. The molecule has 1 N–H and O–H groups in total. The van der Waals surface area contributed by atoms with E-state index in [-0.39, 0.29) is 12.0 Å². The number of hydrogen-bond acceptors (Lipinski definition) is 3. The van der Waals surface area contributed by atoms with Crippen LogP contribution >= 0.6 is 0 Å². The molecule has 0 saturated heterocycles. The Kier molecular flexibility index (Phi) is 4.15. The monoisotopic (exact) mass is 236 g/mol. The summed E-state index contributed by atoms with van der Waals surface area (Å²) in [5, 5.41) is 9.38. The topological polar surface area (TPSA) is 36.4 Å². The second-order valence-electron chi connectivity index (χ2n) is 5.77. The smallest absolute Gasteiger partial charge is 0.0717 e. The molecule has 1 aromatic heterocycles. The highest BCUT2D eigenvalue weighted by Gasteiger charge is 2.25. The molecule has 0 aliphatic heterocycles. The van der Waals surface area contributed by atoms with E-state index in [2.05, 4.69) is 44.6 Å². The van der Waals surface area contributed by atoms with Gasteiger partial charge in [-0.1, -0.05) is 20.8 Å². The van der Waals surface area contributed by atoms with E-state index in [1.54, 1.807) is 6.20 Å². The lowest BCUT2D eigenvalue weighted by Gasteiger charge is -2.37. The predicted molar refractivity (Wildman–Crippen MR) is 72.2 cm³/mol. The molecule has 0 aromatic carbocycles. The van der Waals surface area contributed by atoms with Crippen molar-refractivity contribution in [2.24, 2.45) is 5.41 Å². The van der Waals surface area contributed by atoms with Crippen molar-refractivity contribution in [3.05, 3.63) is 23.5 Å². The molecule has 3 heteroatoms. The molecule has 1 unspecified atom stereocenters. The quantitative estimate of drug-likeness (QED) is 0.876. The third kappa shape index (κ3) is 3.19. The minimum atomic E-state index is 0.0316. The van der Waals surface area contributed by atoms with E-state index in [1.807, 2.05) is 13.0 Å². The zero-order chi connectivity index (χ0) is 13.2. The van der Waals surface area contributed by atoms with Gasteiger partial charge in [0.05, 0.1) is 6.61 Å². The van der Waals surface area contributed by atoms with Gasteiger partial charge in [-0.2, -0.15) is 0 Å². The summed E-state index contributed by atoms with van der Waals surface area (Å²) in [4.78, 5) is 6.45. The van der Waals surface area contributed by atoms with E-state index in [0.29, 0.717) is 6.04 Å². The summed E-state index contributed by atoms with van der Waals surface area (Å²) in [6.07, 6.45) is 1.76. The van der Waals surface area contributed by atoms with E-state index >= 15 is 0 Å². The summed E-state index contributed by atoms with van der Waals surface area (Å²) in [5.41, 5.74) is 3.13. The number of pyridine rings is 1. The Hall–Kier alpha value is -1.09. The lowest BCUT2D eigenvalue weighted by Crippen LogP contribution is -2.39. The first-order chi connectivity index (χ1) is 7.77. The molecular formula is C14H24N2O. The minimum absolute atomic E-state index is 0.0316. The molecule has 1 atom stereocenters. The summed E-state index contributed by atoms with van der Waals surface area (Å²) in [6.45, 7) is 10.9. The highest BCUT2D eigenvalue weighted by atomic mass is 16.3. The van der Waals surface area contributed by atoms with Gasteiger partial charge in [0.1, 0.15) is 0 Å². The van der Waals surface area contributed by atoms with Crippen LogP contribution in [0.1, 0.15) is 39.0 Å². The molecule has 17 heavy (non-hydrogen) atoms. The molecule has 0 amide bonds. The van der Waals surface area contributed by atoms with Crippen LogP contribution in [0.3, 0.4) is 0 Å². The van der Waals surface area contributed by atoms with Crippen molar-refractivity contribution in [1.82, 2.24) is 4.98 Å². The molecule has 96 valence electrons. The Bertz CT molecular complexity index is 382. The van der Waals surface area contributed by atoms with Crippen LogP contribution in [-0.2, 0) is 6.61 Å². The maximum absolute atomic E-state index is 9.38. The predicted octanol–water partition coefficient (Wildman–Crippen LogP) is 2.75. The number of aliphatic hydroxyl groups is 1. The Balaban J connectivity index is 3.10. The van der Waals surface area contributed by atoms with Gasteiger partial charge in [0, 0.05) is 36.2 Å². The molecule has 0 aliphatic rings. The van der Waals surface area contributed by atoms with Crippen molar-refractivity contribution in [3.63, 3.8) is 0 Å². The number of nitrogens with zero attached hydrogens (tertiary/aromatic N) is 2. The van der Waals surface area contributed by atoms with Crippen molar-refractivity contribution < 1.29 is 5.11 Å². The van der Waals surface area contributed by atoms with E-state index < -0.39 is 0 Å². The van der Waals surface area contributed by atoms with Crippen LogP contribution in [0.25, 0.3) is 0 Å². The summed E-state index contributed by atoms with van der Waals surface area (Å²) >= 11 is 0. The van der Waals surface area contributed by atoms with Crippen LogP contribution in [-0.4, -0.2) is 23.2 Å². The van der Waals surface area contributed by atoms with Crippen LogP contribution < -0.4 is 4.90 Å². The molecule has 0 spiro atoms. The normalized spacial score (nSPS) is 13.6. The molecule has 1 heterocycles. The Morgan fingerprint density at radius 1 is 1.41 bits per heavy atom. The van der Waals surface area contributed by atoms with Crippen LogP contribution in [0.15, 0.2) is 12.3 Å². The first-order valence-electron chi connectivity index (χ1n) is 6.06. The van der Waals surface area contributed by atoms with Gasteiger partial charge in [-0.3, -0.25) is 4.98 Å². The Labute approximate surface area is 104 Å². The van der Waals surface area contributed by atoms with E-state index in [1.165, 1.54) is 0 Å². The summed E-state index contributed by atoms with van der Waals surface area (Å²) < 4.78 is 0. The van der Waals surface area contributed by atoms with Crippen LogP contribution in [0.4, 0.5) is 5.69 Å². The lowest BCUT2D eigenvalue weighted by molar-refractivity contribution is 0.280. The molecule has 1 rings (SSSR count). The third-order valence-electron chi connectivity index (χ3n) is 3.48. The van der Waals surface area contributed by atoms with Gasteiger partial charge in [0.15, 0.2) is 0 Å². The third-order valence-corrected chi connectivity index (χ3v) is 3.48. The van der Waals surface area contributed by atoms with Crippen LogP contribution in [0, 0.1) is 12.3 Å². The highest BCUT2D eigenvalue weighted by molar-refractivity contribution is 5.53. The molecule has 0 radical (unpaired) electrons. The summed E-state index contributed by atoms with van der Waals surface area (Å²) in [6, 6.07) is 2.42. The van der Waals surface area contributed by atoms with Gasteiger partial charge in [0.25, 0.3) is 0 Å². The van der Waals surface area contributed by atoms with Gasteiger partial charge in [-0.25, -0.2) is 0 Å². The standard InChI is InChI=1S/C14H24N2O/c1-10-7-13(12(9-17)8-15-10)16(6)11(2)14(3,4)5/h7-8,11,17H,9H2,1-6H3. The van der Waals surface area contributed by atoms with Crippen molar-refractivity contribution in [1.29, 1.82) is 0 Å². The first kappa shape index (κ1) is 14.0. The van der Waals surface area contributed by atoms with Crippen molar-refractivity contribution in [2.75, 3.05) is 11.9 Å². The average molecular weight is 236 g/mol. The van der Waals surface area contributed by atoms with Gasteiger partial charge in [-0.15, -0.1) is 0 Å². The fraction of sp³-hybridized carbons (Fsp3) is 0.643. The van der Waals surface area contributed by atoms with Gasteiger partial charge < -0.3 is 10.0 Å². The molecule has 0 bridgehead atoms. The average Bonchev–Trinajstić information content (AvgIpc) is 2.25. The Morgan fingerprint density at radius 3 is 2.47 bits per heavy atom. The molecule has 1 aromatic rings. The number of hydrogen-bond donors (Lipinski definition) is 1. The van der Waals surface area contributed by atoms with E-state index in [0.717, 1.165) is 16.9 Å². The van der Waals surface area contributed by atoms with E-state index in [9.17, 15) is 5.11 Å². The maximum Gasteiger partial charge on any atom is 0.0717 e. The fourth-order valence-corrected chi connectivity index (χ4v) is 1.81. The molecule has 0 fully saturated rings. The minimum Gasteiger partial charge on any atom is -0.392 e. The first-order valence-corrected chi connectivity index (χ1v) is 6.06. The van der Waals surface area contributed by atoms with Crippen molar-refractivity contribution in [2.45, 2.75) is 47.3 Å². The zero-order valence-electron chi connectivity index (χ0n) is 11.8. The number of aromatic nitrogens is 1. The fourth-order valence-electron chi connectivity index (χ4n) is 1.81. The second-order valence-corrected chi connectivity index (χ2v) is 5.77. The van der Waals surface area contributed by atoms with E-state index in [4.69, 9.17) is 0 Å². The SMILES string of the molecule is Cc1cc(N(C)C(C)C(C)(C)C)c(CO)cn1. The summed E-state index contributed by atoms with van der Waals surface area (Å²) in [7, 11) is 2.07. The molecular weight excluding hydrogens is 212 g/mol. The molecule has 0 aliphatic carbocycles. The van der Waals surface area contributed by atoms with Crippen LogP contribution in [0.5, 0.6) is 0 Å². The number of anilines is 1. The Morgan fingerprint density at radius 2 is 2.00 bits per heavy atom. The highest BCUT2D eigenvalue weighted by Crippen LogP contribution is 2.29. The van der Waals surface area contributed by atoms with Crippen molar-refractivity contribution >= 4 is 5.69 Å². The number of aliphatic hydroxyl groups excluding tert-OH is 1. The molecule has 0 saturated carbocycles. The largest absolute Gasteiger partial charge is 0.392 e. The second kappa shape index (κ2) is 5.05.